The Bertz CT molecular complexity index is 1030. The molecule has 0 saturated carbocycles. The van der Waals surface area contributed by atoms with Crippen molar-refractivity contribution in [2.24, 2.45) is 0 Å². The first-order valence-corrected chi connectivity index (χ1v) is 8.87. The molecule has 4 rings (SSSR count). The minimum atomic E-state index is -0.379. The second kappa shape index (κ2) is 6.97. The molecule has 4 aromatic rings. The molecule has 5 nitrogen and oxygen atoms in total. The summed E-state index contributed by atoms with van der Waals surface area (Å²) < 4.78 is 14.8. The van der Waals surface area contributed by atoms with E-state index in [0.717, 1.165) is 21.5 Å². The summed E-state index contributed by atoms with van der Waals surface area (Å²) in [6.45, 7) is 0. The van der Waals surface area contributed by atoms with Crippen LogP contribution in [0.4, 0.5) is 9.18 Å². The highest BCUT2D eigenvalue weighted by molar-refractivity contribution is 7.10. The molecular weight excluding hydrogens is 351 g/mol. The topological polar surface area (TPSA) is 59.0 Å². The lowest BCUT2D eigenvalue weighted by Gasteiger charge is -2.19. The lowest BCUT2D eigenvalue weighted by molar-refractivity contribution is 0.247. The summed E-state index contributed by atoms with van der Waals surface area (Å²) in [5.41, 5.74) is 5.17. The van der Waals surface area contributed by atoms with Crippen molar-refractivity contribution < 1.29 is 9.18 Å². The fraction of sp³-hybridized carbons (Fsp3) is 0.0526. The molecule has 0 aliphatic rings. The number of nitrogens with zero attached hydrogens (tertiary/aromatic N) is 2. The van der Waals surface area contributed by atoms with E-state index in [1.807, 2.05) is 41.8 Å². The van der Waals surface area contributed by atoms with Crippen molar-refractivity contribution in [1.82, 2.24) is 15.0 Å². The number of aromatic nitrogens is 2. The molecule has 2 aromatic heterocycles. The molecule has 0 bridgehead atoms. The van der Waals surface area contributed by atoms with Crippen LogP contribution in [0.2, 0.25) is 0 Å². The minimum absolute atomic E-state index is 0.312. The van der Waals surface area contributed by atoms with E-state index in [2.05, 4.69) is 15.7 Å². The predicted molar refractivity (Wildman–Crippen MR) is 100 cm³/mol. The molecule has 1 atom stereocenters. The SMILES string of the molecule is O=C(NC(c1ccc(F)cc1)c1cccs1)Nn1cnc2ccccc21. The number of hydrogen-bond acceptors (Lipinski definition) is 3. The predicted octanol–water partition coefficient (Wildman–Crippen LogP) is 4.28. The van der Waals surface area contributed by atoms with Gasteiger partial charge in [0.25, 0.3) is 0 Å². The average Bonchev–Trinajstić information content (AvgIpc) is 3.31. The highest BCUT2D eigenvalue weighted by Gasteiger charge is 2.18. The maximum absolute atomic E-state index is 13.2. The lowest BCUT2D eigenvalue weighted by atomic mass is 10.1. The highest BCUT2D eigenvalue weighted by Crippen LogP contribution is 2.26. The van der Waals surface area contributed by atoms with Gasteiger partial charge >= 0.3 is 6.03 Å². The van der Waals surface area contributed by atoms with Crippen LogP contribution < -0.4 is 10.7 Å². The summed E-state index contributed by atoms with van der Waals surface area (Å²) in [6, 6.07) is 16.7. The van der Waals surface area contributed by atoms with E-state index >= 15 is 0 Å². The molecule has 2 N–H and O–H groups in total. The van der Waals surface area contributed by atoms with Gasteiger partial charge in [-0.05, 0) is 41.3 Å². The number of fused-ring (bicyclic) bond motifs is 1. The zero-order valence-electron chi connectivity index (χ0n) is 13.6. The second-order valence-corrected chi connectivity index (χ2v) is 6.67. The van der Waals surface area contributed by atoms with E-state index in [-0.39, 0.29) is 17.9 Å². The van der Waals surface area contributed by atoms with Gasteiger partial charge in [-0.25, -0.2) is 24.3 Å². The maximum Gasteiger partial charge on any atom is 0.334 e. The van der Waals surface area contributed by atoms with Crippen LogP contribution in [0.3, 0.4) is 0 Å². The smallest absolute Gasteiger partial charge is 0.325 e. The number of hydrogen-bond donors (Lipinski definition) is 2. The monoisotopic (exact) mass is 366 g/mol. The van der Waals surface area contributed by atoms with Gasteiger partial charge in [0, 0.05) is 4.88 Å². The Labute approximate surface area is 153 Å². The molecule has 2 amide bonds. The van der Waals surface area contributed by atoms with E-state index in [1.54, 1.807) is 23.1 Å². The number of thiophene rings is 1. The van der Waals surface area contributed by atoms with Gasteiger partial charge in [0.15, 0.2) is 0 Å². The fourth-order valence-electron chi connectivity index (χ4n) is 2.75. The molecule has 0 radical (unpaired) electrons. The Morgan fingerprint density at radius 3 is 2.65 bits per heavy atom. The molecule has 7 heteroatoms. The molecule has 0 saturated heterocycles. The largest absolute Gasteiger partial charge is 0.334 e. The van der Waals surface area contributed by atoms with Crippen LogP contribution in [0.1, 0.15) is 16.5 Å². The van der Waals surface area contributed by atoms with Crippen molar-refractivity contribution in [3.05, 3.63) is 88.6 Å². The Hall–Kier alpha value is -3.19. The first kappa shape index (κ1) is 16.3. The number of carbonyl (C=O) groups excluding carboxylic acids is 1. The number of benzene rings is 2. The summed E-state index contributed by atoms with van der Waals surface area (Å²) in [4.78, 5) is 17.8. The van der Waals surface area contributed by atoms with Crippen LogP contribution >= 0.6 is 11.3 Å². The number of amides is 2. The maximum atomic E-state index is 13.2. The third kappa shape index (κ3) is 3.29. The van der Waals surface area contributed by atoms with E-state index in [0.29, 0.717) is 0 Å². The number of urea groups is 1. The van der Waals surface area contributed by atoms with E-state index in [4.69, 9.17) is 0 Å². The Balaban J connectivity index is 1.57. The fourth-order valence-corrected chi connectivity index (χ4v) is 3.55. The molecule has 0 aliphatic carbocycles. The van der Waals surface area contributed by atoms with Crippen molar-refractivity contribution in [2.75, 3.05) is 5.43 Å². The number of halogens is 1. The molecular formula is C19H15FN4OS. The molecule has 1 unspecified atom stereocenters. The van der Waals surface area contributed by atoms with Crippen molar-refractivity contribution in [2.45, 2.75) is 6.04 Å². The quantitative estimate of drug-likeness (QED) is 0.566. The van der Waals surface area contributed by atoms with Crippen molar-refractivity contribution in [3.63, 3.8) is 0 Å². The van der Waals surface area contributed by atoms with Crippen molar-refractivity contribution in [1.29, 1.82) is 0 Å². The van der Waals surface area contributed by atoms with Crippen LogP contribution in [-0.4, -0.2) is 15.7 Å². The molecule has 130 valence electrons. The zero-order chi connectivity index (χ0) is 17.9. The van der Waals surface area contributed by atoms with Crippen molar-refractivity contribution in [3.8, 4) is 0 Å². The normalized spacial score (nSPS) is 12.0. The number of imidazole rings is 1. The van der Waals surface area contributed by atoms with Crippen molar-refractivity contribution >= 4 is 28.4 Å². The van der Waals surface area contributed by atoms with Crippen LogP contribution in [0, 0.1) is 5.82 Å². The highest BCUT2D eigenvalue weighted by atomic mass is 32.1. The molecule has 0 aliphatic heterocycles. The number of para-hydroxylation sites is 2. The molecule has 26 heavy (non-hydrogen) atoms. The summed E-state index contributed by atoms with van der Waals surface area (Å²) >= 11 is 1.53. The van der Waals surface area contributed by atoms with Gasteiger partial charge in [0.2, 0.25) is 0 Å². The lowest BCUT2D eigenvalue weighted by Crippen LogP contribution is -2.36. The Kier molecular flexibility index (Phi) is 4.37. The number of nitrogens with one attached hydrogen (secondary N) is 2. The van der Waals surface area contributed by atoms with Gasteiger partial charge in [-0.3, -0.25) is 0 Å². The first-order chi connectivity index (χ1) is 12.7. The zero-order valence-corrected chi connectivity index (χ0v) is 14.4. The third-order valence-corrected chi connectivity index (χ3v) is 4.92. The summed E-state index contributed by atoms with van der Waals surface area (Å²) in [5, 5.41) is 4.89. The molecule has 2 heterocycles. The van der Waals surface area contributed by atoms with Gasteiger partial charge in [-0.1, -0.05) is 30.3 Å². The van der Waals surface area contributed by atoms with E-state index in [9.17, 15) is 9.18 Å². The van der Waals surface area contributed by atoms with Crippen LogP contribution in [0.5, 0.6) is 0 Å². The molecule has 0 spiro atoms. The van der Waals surface area contributed by atoms with Crippen LogP contribution in [-0.2, 0) is 0 Å². The van der Waals surface area contributed by atoms with Gasteiger partial charge in [0.05, 0.1) is 17.1 Å². The first-order valence-electron chi connectivity index (χ1n) is 7.99. The molecule has 2 aromatic carbocycles. The van der Waals surface area contributed by atoms with Crippen LogP contribution in [0.15, 0.2) is 72.4 Å². The van der Waals surface area contributed by atoms with E-state index < -0.39 is 0 Å². The van der Waals surface area contributed by atoms with Gasteiger partial charge in [-0.15, -0.1) is 11.3 Å². The summed E-state index contributed by atoms with van der Waals surface area (Å²) in [5.74, 6) is -0.312. The molecule has 0 fully saturated rings. The third-order valence-electron chi connectivity index (χ3n) is 3.98. The van der Waals surface area contributed by atoms with Crippen LogP contribution in [0.25, 0.3) is 11.0 Å². The van der Waals surface area contributed by atoms with Gasteiger partial charge < -0.3 is 5.32 Å². The number of carbonyl (C=O) groups is 1. The van der Waals surface area contributed by atoms with Gasteiger partial charge in [0.1, 0.15) is 12.1 Å². The average molecular weight is 366 g/mol. The van der Waals surface area contributed by atoms with E-state index in [1.165, 1.54) is 23.5 Å². The van der Waals surface area contributed by atoms with Gasteiger partial charge in [-0.2, -0.15) is 0 Å². The summed E-state index contributed by atoms with van der Waals surface area (Å²) in [7, 11) is 0. The Morgan fingerprint density at radius 2 is 1.88 bits per heavy atom. The minimum Gasteiger partial charge on any atom is -0.325 e. The summed E-state index contributed by atoms with van der Waals surface area (Å²) in [6.07, 6.45) is 1.56. The Morgan fingerprint density at radius 1 is 1.08 bits per heavy atom. The standard InChI is InChI=1S/C19H15FN4OS/c20-14-9-7-13(8-10-14)18(17-6-3-11-26-17)22-19(25)23-24-12-21-15-4-1-2-5-16(15)24/h1-12,18H,(H2,22,23,25). The number of rotatable bonds is 4. The second-order valence-electron chi connectivity index (χ2n) is 5.69.